The van der Waals surface area contributed by atoms with Crippen LogP contribution in [0.3, 0.4) is 0 Å². The van der Waals surface area contributed by atoms with Gasteiger partial charge in [-0.2, -0.15) is 0 Å². The van der Waals surface area contributed by atoms with E-state index in [-0.39, 0.29) is 17.2 Å². The average Bonchev–Trinajstić information content (AvgIpc) is 2.24. The van der Waals surface area contributed by atoms with Crippen LogP contribution in [-0.2, 0) is 9.59 Å². The first-order chi connectivity index (χ1) is 6.35. The molecule has 0 saturated heterocycles. The van der Waals surface area contributed by atoms with Crippen LogP contribution in [0.2, 0.25) is 0 Å². The van der Waals surface area contributed by atoms with E-state index < -0.39 is 0 Å². The van der Waals surface area contributed by atoms with Crippen LogP contribution in [0.25, 0.3) is 0 Å². The summed E-state index contributed by atoms with van der Waals surface area (Å²) in [6.45, 7) is 8.44. The van der Waals surface area contributed by atoms with E-state index in [1.54, 1.807) is 0 Å². The van der Waals surface area contributed by atoms with Gasteiger partial charge in [0.2, 0.25) is 0 Å². The SMILES string of the molecule is CCN1C(=O)C=C(CC(C)(C)C)C1=O. The van der Waals surface area contributed by atoms with Crippen LogP contribution in [0, 0.1) is 5.41 Å². The summed E-state index contributed by atoms with van der Waals surface area (Å²) in [5.74, 6) is -0.288. The second-order valence-corrected chi connectivity index (χ2v) is 4.79. The zero-order valence-corrected chi connectivity index (χ0v) is 9.26. The fraction of sp³-hybridized carbons (Fsp3) is 0.636. The summed E-state index contributed by atoms with van der Waals surface area (Å²) in [6, 6.07) is 0. The van der Waals surface area contributed by atoms with E-state index in [1.807, 2.05) is 6.92 Å². The smallest absolute Gasteiger partial charge is 0.256 e. The van der Waals surface area contributed by atoms with Crippen LogP contribution < -0.4 is 0 Å². The second-order valence-electron chi connectivity index (χ2n) is 4.79. The van der Waals surface area contributed by atoms with Gasteiger partial charge in [0, 0.05) is 18.2 Å². The van der Waals surface area contributed by atoms with E-state index in [9.17, 15) is 9.59 Å². The van der Waals surface area contributed by atoms with Gasteiger partial charge in [-0.1, -0.05) is 20.8 Å². The van der Waals surface area contributed by atoms with Crippen molar-refractivity contribution in [3.63, 3.8) is 0 Å². The Morgan fingerprint density at radius 3 is 2.21 bits per heavy atom. The molecule has 0 aromatic carbocycles. The largest absolute Gasteiger partial charge is 0.275 e. The molecule has 78 valence electrons. The molecule has 1 heterocycles. The summed E-state index contributed by atoms with van der Waals surface area (Å²) in [6.07, 6.45) is 2.13. The lowest BCUT2D eigenvalue weighted by Gasteiger charge is -2.19. The summed E-state index contributed by atoms with van der Waals surface area (Å²) < 4.78 is 0. The number of hydrogen-bond acceptors (Lipinski definition) is 2. The minimum absolute atomic E-state index is 0.0471. The highest BCUT2D eigenvalue weighted by Gasteiger charge is 2.31. The lowest BCUT2D eigenvalue weighted by molar-refractivity contribution is -0.137. The van der Waals surface area contributed by atoms with E-state index in [0.29, 0.717) is 18.5 Å². The van der Waals surface area contributed by atoms with Crippen molar-refractivity contribution in [1.82, 2.24) is 4.90 Å². The minimum Gasteiger partial charge on any atom is -0.275 e. The molecule has 0 N–H and O–H groups in total. The summed E-state index contributed by atoms with van der Waals surface area (Å²) in [5.41, 5.74) is 0.690. The van der Waals surface area contributed by atoms with E-state index in [1.165, 1.54) is 11.0 Å². The molecule has 0 bridgehead atoms. The third kappa shape index (κ3) is 2.22. The summed E-state index contributed by atoms with van der Waals surface area (Å²) in [5, 5.41) is 0. The number of hydrogen-bond donors (Lipinski definition) is 0. The van der Waals surface area contributed by atoms with Gasteiger partial charge >= 0.3 is 0 Å². The van der Waals surface area contributed by atoms with Crippen molar-refractivity contribution >= 4 is 11.8 Å². The van der Waals surface area contributed by atoms with Crippen LogP contribution in [-0.4, -0.2) is 23.3 Å². The van der Waals surface area contributed by atoms with Crippen molar-refractivity contribution in [3.8, 4) is 0 Å². The van der Waals surface area contributed by atoms with Crippen molar-refractivity contribution in [2.24, 2.45) is 5.41 Å². The molecule has 0 spiro atoms. The van der Waals surface area contributed by atoms with E-state index in [0.717, 1.165) is 0 Å². The predicted octanol–water partition coefficient (Wildman–Crippen LogP) is 1.74. The van der Waals surface area contributed by atoms with Gasteiger partial charge in [-0.25, -0.2) is 0 Å². The van der Waals surface area contributed by atoms with E-state index in [4.69, 9.17) is 0 Å². The molecule has 0 aliphatic carbocycles. The zero-order chi connectivity index (χ0) is 10.9. The molecular formula is C11H17NO2. The lowest BCUT2D eigenvalue weighted by Crippen LogP contribution is -2.31. The highest BCUT2D eigenvalue weighted by atomic mass is 16.2. The first-order valence-corrected chi connectivity index (χ1v) is 4.91. The summed E-state index contributed by atoms with van der Waals surface area (Å²) >= 11 is 0. The maximum absolute atomic E-state index is 11.7. The molecule has 0 atom stereocenters. The first kappa shape index (κ1) is 11.0. The fourth-order valence-electron chi connectivity index (χ4n) is 1.56. The lowest BCUT2D eigenvalue weighted by atomic mass is 9.88. The van der Waals surface area contributed by atoms with Crippen molar-refractivity contribution in [3.05, 3.63) is 11.6 Å². The standard InChI is InChI=1S/C11H17NO2/c1-5-12-9(13)6-8(10(12)14)7-11(2,3)4/h6H,5,7H2,1-4H3. The third-order valence-electron chi connectivity index (χ3n) is 2.12. The molecule has 0 unspecified atom stereocenters. The molecule has 2 amide bonds. The Bertz CT molecular complexity index is 297. The summed E-state index contributed by atoms with van der Waals surface area (Å²) in [4.78, 5) is 24.3. The van der Waals surface area contributed by atoms with Gasteiger partial charge in [-0.3, -0.25) is 14.5 Å². The third-order valence-corrected chi connectivity index (χ3v) is 2.12. The van der Waals surface area contributed by atoms with Gasteiger partial charge in [0.15, 0.2) is 0 Å². The van der Waals surface area contributed by atoms with E-state index in [2.05, 4.69) is 20.8 Å². The van der Waals surface area contributed by atoms with Crippen LogP contribution in [0.5, 0.6) is 0 Å². The van der Waals surface area contributed by atoms with Crippen molar-refractivity contribution in [1.29, 1.82) is 0 Å². The predicted molar refractivity (Wildman–Crippen MR) is 54.5 cm³/mol. The molecule has 3 nitrogen and oxygen atoms in total. The Labute approximate surface area is 84.8 Å². The van der Waals surface area contributed by atoms with Crippen LogP contribution in [0.15, 0.2) is 11.6 Å². The summed E-state index contributed by atoms with van der Waals surface area (Å²) in [7, 11) is 0. The van der Waals surface area contributed by atoms with Gasteiger partial charge in [0.25, 0.3) is 11.8 Å². The molecule has 1 rings (SSSR count). The van der Waals surface area contributed by atoms with Crippen LogP contribution in [0.4, 0.5) is 0 Å². The Kier molecular flexibility index (Phi) is 2.79. The molecule has 0 radical (unpaired) electrons. The molecule has 14 heavy (non-hydrogen) atoms. The van der Waals surface area contributed by atoms with Crippen molar-refractivity contribution in [2.45, 2.75) is 34.1 Å². The average molecular weight is 195 g/mol. The number of nitrogens with zero attached hydrogens (tertiary/aromatic N) is 1. The van der Waals surface area contributed by atoms with Crippen molar-refractivity contribution in [2.75, 3.05) is 6.54 Å². The number of amides is 2. The maximum atomic E-state index is 11.7. The Morgan fingerprint density at radius 1 is 1.29 bits per heavy atom. The number of imide groups is 1. The van der Waals surface area contributed by atoms with E-state index >= 15 is 0 Å². The van der Waals surface area contributed by atoms with Crippen LogP contribution in [0.1, 0.15) is 34.1 Å². The monoisotopic (exact) mass is 195 g/mol. The van der Waals surface area contributed by atoms with Gasteiger partial charge in [-0.05, 0) is 18.8 Å². The number of rotatable bonds is 2. The maximum Gasteiger partial charge on any atom is 0.256 e. The first-order valence-electron chi connectivity index (χ1n) is 4.91. The molecule has 0 fully saturated rings. The highest BCUT2D eigenvalue weighted by molar-refractivity contribution is 6.16. The minimum atomic E-state index is -0.170. The normalized spacial score (nSPS) is 17.7. The quantitative estimate of drug-likeness (QED) is 0.629. The van der Waals surface area contributed by atoms with Gasteiger partial charge in [0.1, 0.15) is 0 Å². The molecule has 0 saturated carbocycles. The molecule has 0 aromatic rings. The zero-order valence-electron chi connectivity index (χ0n) is 9.26. The van der Waals surface area contributed by atoms with Gasteiger partial charge < -0.3 is 0 Å². The van der Waals surface area contributed by atoms with Crippen molar-refractivity contribution < 1.29 is 9.59 Å². The number of carbonyl (C=O) groups is 2. The Morgan fingerprint density at radius 2 is 1.86 bits per heavy atom. The van der Waals surface area contributed by atoms with Gasteiger partial charge in [0.05, 0.1) is 0 Å². The molecule has 3 heteroatoms. The number of likely N-dealkylation sites (N-methyl/N-ethyl adjacent to an activating group) is 1. The van der Waals surface area contributed by atoms with Crippen LogP contribution >= 0.6 is 0 Å². The Hall–Kier alpha value is -1.12. The fourth-order valence-corrected chi connectivity index (χ4v) is 1.56. The second kappa shape index (κ2) is 3.56. The number of carbonyl (C=O) groups excluding carboxylic acids is 2. The molecular weight excluding hydrogens is 178 g/mol. The molecule has 1 aliphatic rings. The topological polar surface area (TPSA) is 37.4 Å². The highest BCUT2D eigenvalue weighted by Crippen LogP contribution is 2.27. The molecule has 1 aliphatic heterocycles. The molecule has 0 aromatic heterocycles. The Balaban J connectivity index is 2.79. The van der Waals surface area contributed by atoms with Gasteiger partial charge in [-0.15, -0.1) is 0 Å².